The number of aryl methyl sites for hydroxylation is 2. The third-order valence-corrected chi connectivity index (χ3v) is 3.00. The Balaban J connectivity index is 2.68. The van der Waals surface area contributed by atoms with Crippen molar-refractivity contribution in [1.29, 1.82) is 0 Å². The predicted molar refractivity (Wildman–Crippen MR) is 70.8 cm³/mol. The van der Waals surface area contributed by atoms with Gasteiger partial charge in [-0.3, -0.25) is 9.59 Å². The maximum atomic E-state index is 11.9. The van der Waals surface area contributed by atoms with Crippen molar-refractivity contribution in [1.82, 2.24) is 4.57 Å². The van der Waals surface area contributed by atoms with Crippen LogP contribution in [0.1, 0.15) is 16.1 Å². The van der Waals surface area contributed by atoms with E-state index in [9.17, 15) is 9.59 Å². The fraction of sp³-hybridized carbons (Fsp3) is 0.143. The van der Waals surface area contributed by atoms with Crippen molar-refractivity contribution in [3.63, 3.8) is 0 Å². The highest BCUT2D eigenvalue weighted by atomic mass is 35.5. The molecule has 92 valence electrons. The second-order valence-corrected chi connectivity index (χ2v) is 4.46. The standard InChI is InChI=1S/C14H12ClNO2/c1-9-8-16(2)12(13(17)14(15)18)11(9)10-6-4-3-5-7-10/h3-8H,1-2H3. The van der Waals surface area contributed by atoms with E-state index in [4.69, 9.17) is 11.6 Å². The molecule has 3 nitrogen and oxygen atoms in total. The van der Waals surface area contributed by atoms with Gasteiger partial charge in [-0.05, 0) is 29.7 Å². The van der Waals surface area contributed by atoms with Gasteiger partial charge in [-0.15, -0.1) is 0 Å². The van der Waals surface area contributed by atoms with Crippen molar-refractivity contribution < 1.29 is 9.59 Å². The van der Waals surface area contributed by atoms with Crippen molar-refractivity contribution in [2.45, 2.75) is 6.92 Å². The molecule has 0 unspecified atom stereocenters. The Labute approximate surface area is 110 Å². The van der Waals surface area contributed by atoms with Gasteiger partial charge in [-0.1, -0.05) is 30.3 Å². The number of nitrogens with zero attached hydrogens (tertiary/aromatic N) is 1. The molecule has 0 spiro atoms. The van der Waals surface area contributed by atoms with Crippen molar-refractivity contribution in [3.8, 4) is 11.1 Å². The number of ketones is 1. The average Bonchev–Trinajstić information content (AvgIpc) is 2.64. The van der Waals surface area contributed by atoms with Crippen molar-refractivity contribution in [3.05, 3.63) is 47.8 Å². The lowest BCUT2D eigenvalue weighted by molar-refractivity contribution is -0.108. The Hall–Kier alpha value is -1.87. The van der Waals surface area contributed by atoms with Crippen LogP contribution in [0.15, 0.2) is 36.5 Å². The SMILES string of the molecule is Cc1cn(C)c(C(=O)C(=O)Cl)c1-c1ccccc1. The highest BCUT2D eigenvalue weighted by Crippen LogP contribution is 2.29. The van der Waals surface area contributed by atoms with Crippen LogP contribution in [0.2, 0.25) is 0 Å². The summed E-state index contributed by atoms with van der Waals surface area (Å²) in [7, 11) is 1.73. The van der Waals surface area contributed by atoms with Gasteiger partial charge in [0.2, 0.25) is 0 Å². The molecular weight excluding hydrogens is 250 g/mol. The van der Waals surface area contributed by atoms with Gasteiger partial charge < -0.3 is 4.57 Å². The number of benzene rings is 1. The van der Waals surface area contributed by atoms with Crippen LogP contribution >= 0.6 is 11.6 Å². The molecule has 0 bridgehead atoms. The van der Waals surface area contributed by atoms with E-state index >= 15 is 0 Å². The van der Waals surface area contributed by atoms with E-state index < -0.39 is 11.0 Å². The first kappa shape index (κ1) is 12.6. The van der Waals surface area contributed by atoms with E-state index in [2.05, 4.69) is 0 Å². The molecule has 0 amide bonds. The minimum Gasteiger partial charge on any atom is -0.347 e. The van der Waals surface area contributed by atoms with Crippen molar-refractivity contribution in [2.24, 2.45) is 7.05 Å². The second kappa shape index (κ2) is 4.78. The number of Topliss-reactive ketones (excluding diaryl/α,β-unsaturated/α-hetero) is 1. The molecule has 0 saturated heterocycles. The summed E-state index contributed by atoms with van der Waals surface area (Å²) in [5, 5.41) is -0.964. The van der Waals surface area contributed by atoms with E-state index in [1.807, 2.05) is 43.5 Å². The molecule has 1 aromatic heterocycles. The van der Waals surface area contributed by atoms with Crippen LogP contribution in [0.25, 0.3) is 11.1 Å². The molecule has 4 heteroatoms. The molecule has 0 radical (unpaired) electrons. The minimum atomic E-state index is -0.964. The van der Waals surface area contributed by atoms with E-state index in [-0.39, 0.29) is 0 Å². The Bertz CT molecular complexity index is 614. The van der Waals surface area contributed by atoms with Crippen LogP contribution in [0, 0.1) is 6.92 Å². The fourth-order valence-corrected chi connectivity index (χ4v) is 2.21. The maximum absolute atomic E-state index is 11.9. The summed E-state index contributed by atoms with van der Waals surface area (Å²) >= 11 is 5.30. The van der Waals surface area contributed by atoms with Gasteiger partial charge in [0.25, 0.3) is 11.0 Å². The van der Waals surface area contributed by atoms with Crippen LogP contribution in [-0.2, 0) is 11.8 Å². The molecule has 0 aliphatic heterocycles. The lowest BCUT2D eigenvalue weighted by atomic mass is 10.0. The van der Waals surface area contributed by atoms with Crippen LogP contribution in [0.4, 0.5) is 0 Å². The second-order valence-electron chi connectivity index (χ2n) is 4.12. The zero-order valence-electron chi connectivity index (χ0n) is 10.1. The van der Waals surface area contributed by atoms with Crippen molar-refractivity contribution >= 4 is 22.6 Å². The number of halogens is 1. The highest BCUT2D eigenvalue weighted by Gasteiger charge is 2.23. The van der Waals surface area contributed by atoms with Gasteiger partial charge in [-0.2, -0.15) is 0 Å². The largest absolute Gasteiger partial charge is 0.347 e. The first-order chi connectivity index (χ1) is 8.52. The fourth-order valence-electron chi connectivity index (χ4n) is 2.12. The first-order valence-corrected chi connectivity index (χ1v) is 5.85. The Morgan fingerprint density at radius 2 is 1.78 bits per heavy atom. The molecule has 0 aliphatic rings. The molecule has 0 aliphatic carbocycles. The van der Waals surface area contributed by atoms with E-state index in [1.165, 1.54) is 0 Å². The monoisotopic (exact) mass is 261 g/mol. The molecule has 18 heavy (non-hydrogen) atoms. The molecule has 0 saturated carbocycles. The van der Waals surface area contributed by atoms with Gasteiger partial charge in [0.1, 0.15) is 5.69 Å². The number of hydrogen-bond donors (Lipinski definition) is 0. The zero-order valence-corrected chi connectivity index (χ0v) is 10.9. The molecule has 0 N–H and O–H groups in total. The number of carbonyl (C=O) groups is 2. The quantitative estimate of drug-likeness (QED) is 0.484. The summed E-state index contributed by atoms with van der Waals surface area (Å²) in [6.07, 6.45) is 1.81. The lowest BCUT2D eigenvalue weighted by Gasteiger charge is -2.05. The van der Waals surface area contributed by atoms with E-state index in [0.29, 0.717) is 5.69 Å². The topological polar surface area (TPSA) is 39.1 Å². The first-order valence-electron chi connectivity index (χ1n) is 5.48. The zero-order chi connectivity index (χ0) is 13.3. The van der Waals surface area contributed by atoms with Crippen LogP contribution in [-0.4, -0.2) is 15.6 Å². The number of rotatable bonds is 3. The smallest absolute Gasteiger partial charge is 0.294 e. The normalized spacial score (nSPS) is 10.4. The van der Waals surface area contributed by atoms with Gasteiger partial charge >= 0.3 is 0 Å². The summed E-state index contributed by atoms with van der Waals surface area (Å²) in [5.74, 6) is -0.675. The van der Waals surface area contributed by atoms with Gasteiger partial charge in [0.15, 0.2) is 0 Å². The molecular formula is C14H12ClNO2. The Morgan fingerprint density at radius 1 is 1.17 bits per heavy atom. The van der Waals surface area contributed by atoms with Crippen LogP contribution < -0.4 is 0 Å². The average molecular weight is 262 g/mol. The van der Waals surface area contributed by atoms with E-state index in [0.717, 1.165) is 16.7 Å². The summed E-state index contributed by atoms with van der Waals surface area (Å²) in [6, 6.07) is 9.47. The summed E-state index contributed by atoms with van der Waals surface area (Å²) in [6.45, 7) is 1.90. The summed E-state index contributed by atoms with van der Waals surface area (Å²) in [4.78, 5) is 23.0. The molecule has 0 fully saturated rings. The highest BCUT2D eigenvalue weighted by molar-refractivity contribution is 6.83. The Kier molecular flexibility index (Phi) is 3.34. The molecule has 1 aromatic carbocycles. The minimum absolute atomic E-state index is 0.332. The van der Waals surface area contributed by atoms with Gasteiger partial charge in [-0.25, -0.2) is 0 Å². The van der Waals surface area contributed by atoms with Crippen LogP contribution in [0.3, 0.4) is 0 Å². The molecule has 2 rings (SSSR count). The molecule has 0 atom stereocenters. The maximum Gasteiger partial charge on any atom is 0.294 e. The van der Waals surface area contributed by atoms with Gasteiger partial charge in [0.05, 0.1) is 0 Å². The third kappa shape index (κ3) is 2.09. The number of aromatic nitrogens is 1. The van der Waals surface area contributed by atoms with E-state index in [1.54, 1.807) is 11.6 Å². The molecule has 2 aromatic rings. The summed E-state index contributed by atoms with van der Waals surface area (Å²) < 4.78 is 1.64. The molecule has 1 heterocycles. The Morgan fingerprint density at radius 3 is 2.33 bits per heavy atom. The van der Waals surface area contributed by atoms with Crippen molar-refractivity contribution in [2.75, 3.05) is 0 Å². The summed E-state index contributed by atoms with van der Waals surface area (Å²) in [5.41, 5.74) is 2.93. The lowest BCUT2D eigenvalue weighted by Crippen LogP contribution is -2.13. The van der Waals surface area contributed by atoms with Gasteiger partial charge in [0, 0.05) is 18.8 Å². The van der Waals surface area contributed by atoms with Crippen LogP contribution in [0.5, 0.6) is 0 Å². The number of carbonyl (C=O) groups excluding carboxylic acids is 2. The third-order valence-electron chi connectivity index (χ3n) is 2.83. The number of hydrogen-bond acceptors (Lipinski definition) is 2. The predicted octanol–water partition coefficient (Wildman–Crippen LogP) is 2.95.